The highest BCUT2D eigenvalue weighted by Crippen LogP contribution is 2.36. The van der Waals surface area contributed by atoms with E-state index in [1.807, 2.05) is 60.7 Å². The Bertz CT molecular complexity index is 1460. The first-order chi connectivity index (χ1) is 22.4. The SMILES string of the molecule is CN1CCC(CNC(=O)c2ccc(-c3ccc(C(=O)NCC4(c5ccccc5)CCN(C)CC4)cc3)cc2)(c2ccccc2)CC1. The Kier molecular flexibility index (Phi) is 9.67. The smallest absolute Gasteiger partial charge is 0.251 e. The summed E-state index contributed by atoms with van der Waals surface area (Å²) in [6.07, 6.45) is 4.08. The van der Waals surface area contributed by atoms with E-state index in [-0.39, 0.29) is 22.6 Å². The van der Waals surface area contributed by atoms with Gasteiger partial charge >= 0.3 is 0 Å². The van der Waals surface area contributed by atoms with Crippen molar-refractivity contribution in [1.82, 2.24) is 20.4 Å². The molecule has 2 saturated heterocycles. The number of rotatable bonds is 9. The van der Waals surface area contributed by atoms with E-state index in [4.69, 9.17) is 0 Å². The molecule has 0 bridgehead atoms. The fraction of sp³-hybridized carbons (Fsp3) is 0.350. The fourth-order valence-electron chi connectivity index (χ4n) is 7.14. The zero-order chi connectivity index (χ0) is 32.0. The van der Waals surface area contributed by atoms with Crippen molar-refractivity contribution in [3.05, 3.63) is 131 Å². The van der Waals surface area contributed by atoms with Gasteiger partial charge in [0.25, 0.3) is 11.8 Å². The summed E-state index contributed by atoms with van der Waals surface area (Å²) in [5.74, 6) is -0.101. The maximum atomic E-state index is 13.2. The van der Waals surface area contributed by atoms with Gasteiger partial charge in [0, 0.05) is 35.0 Å². The number of benzene rings is 4. The van der Waals surface area contributed by atoms with Gasteiger partial charge in [0.2, 0.25) is 0 Å². The van der Waals surface area contributed by atoms with Gasteiger partial charge in [0.15, 0.2) is 0 Å². The molecule has 2 N–H and O–H groups in total. The minimum absolute atomic E-state index is 0.0490. The Hall–Kier alpha value is -4.26. The largest absolute Gasteiger partial charge is 0.351 e. The lowest BCUT2D eigenvalue weighted by Gasteiger charge is -2.41. The number of hydrogen-bond donors (Lipinski definition) is 2. The third-order valence-electron chi connectivity index (χ3n) is 10.5. The lowest BCUT2D eigenvalue weighted by atomic mass is 9.72. The number of piperidine rings is 2. The highest BCUT2D eigenvalue weighted by molar-refractivity contribution is 5.95. The van der Waals surface area contributed by atoms with Crippen LogP contribution in [0, 0.1) is 0 Å². The van der Waals surface area contributed by atoms with E-state index >= 15 is 0 Å². The van der Waals surface area contributed by atoms with Gasteiger partial charge in [-0.05, 0) is 112 Å². The van der Waals surface area contributed by atoms with Crippen LogP contribution in [0.25, 0.3) is 11.1 Å². The average Bonchev–Trinajstić information content (AvgIpc) is 3.12. The van der Waals surface area contributed by atoms with Crippen LogP contribution >= 0.6 is 0 Å². The van der Waals surface area contributed by atoms with Gasteiger partial charge in [-0.1, -0.05) is 84.9 Å². The van der Waals surface area contributed by atoms with Crippen LogP contribution in [0.1, 0.15) is 57.5 Å². The summed E-state index contributed by atoms with van der Waals surface area (Å²) < 4.78 is 0. The van der Waals surface area contributed by atoms with Gasteiger partial charge in [-0.3, -0.25) is 9.59 Å². The Morgan fingerprint density at radius 3 is 1.17 bits per heavy atom. The van der Waals surface area contributed by atoms with Crippen molar-refractivity contribution in [3.8, 4) is 11.1 Å². The second kappa shape index (κ2) is 14.0. The molecule has 6 rings (SSSR count). The van der Waals surface area contributed by atoms with Gasteiger partial charge in [-0.15, -0.1) is 0 Å². The minimum atomic E-state index is -0.0503. The Morgan fingerprint density at radius 1 is 0.522 bits per heavy atom. The number of nitrogens with zero attached hydrogens (tertiary/aromatic N) is 2. The molecule has 2 amide bonds. The molecule has 2 heterocycles. The molecule has 0 spiro atoms. The van der Waals surface area contributed by atoms with Crippen molar-refractivity contribution >= 4 is 11.8 Å². The molecule has 0 saturated carbocycles. The Morgan fingerprint density at radius 2 is 0.848 bits per heavy atom. The summed E-state index contributed by atoms with van der Waals surface area (Å²) in [6, 6.07) is 36.7. The second-order valence-electron chi connectivity index (χ2n) is 13.4. The van der Waals surface area contributed by atoms with E-state index in [2.05, 4.69) is 83.1 Å². The molecule has 0 radical (unpaired) electrons. The van der Waals surface area contributed by atoms with Gasteiger partial charge in [0.1, 0.15) is 0 Å². The van der Waals surface area contributed by atoms with Crippen LogP contribution in [-0.4, -0.2) is 75.0 Å². The quantitative estimate of drug-likeness (QED) is 0.238. The molecule has 0 aliphatic carbocycles. The highest BCUT2D eigenvalue weighted by atomic mass is 16.2. The first-order valence-electron chi connectivity index (χ1n) is 16.6. The maximum Gasteiger partial charge on any atom is 0.251 e. The molecule has 0 atom stereocenters. The topological polar surface area (TPSA) is 64.7 Å². The predicted molar refractivity (Wildman–Crippen MR) is 186 cm³/mol. The molecule has 2 fully saturated rings. The van der Waals surface area contributed by atoms with E-state index in [0.717, 1.165) is 63.0 Å². The van der Waals surface area contributed by atoms with E-state index in [9.17, 15) is 9.59 Å². The molecule has 46 heavy (non-hydrogen) atoms. The van der Waals surface area contributed by atoms with E-state index in [0.29, 0.717) is 24.2 Å². The molecule has 6 heteroatoms. The van der Waals surface area contributed by atoms with Crippen LogP contribution in [0.5, 0.6) is 0 Å². The first kappa shape index (κ1) is 31.7. The number of carbonyl (C=O) groups excluding carboxylic acids is 2. The monoisotopic (exact) mass is 614 g/mol. The van der Waals surface area contributed by atoms with Crippen LogP contribution in [0.4, 0.5) is 0 Å². The van der Waals surface area contributed by atoms with Crippen LogP contribution in [-0.2, 0) is 10.8 Å². The molecule has 0 aromatic heterocycles. The molecular weight excluding hydrogens is 568 g/mol. The standard InChI is InChI=1S/C40H46N4O2/c1-43-25-21-39(22-26-43,35-9-5-3-6-10-35)29-41-37(45)33-17-13-31(14-18-33)32-15-19-34(20-16-32)38(46)42-30-40(23-27-44(2)28-24-40)36-11-7-4-8-12-36/h3-20H,21-30H2,1-2H3,(H,41,45)(H,42,46). The van der Waals surface area contributed by atoms with Crippen LogP contribution in [0.15, 0.2) is 109 Å². The van der Waals surface area contributed by atoms with Crippen LogP contribution in [0.3, 0.4) is 0 Å². The Labute approximate surface area is 273 Å². The summed E-state index contributed by atoms with van der Waals surface area (Å²) in [6.45, 7) is 5.33. The lowest BCUT2D eigenvalue weighted by molar-refractivity contribution is 0.0920. The molecule has 6 nitrogen and oxygen atoms in total. The third kappa shape index (κ3) is 7.09. The second-order valence-corrected chi connectivity index (χ2v) is 13.4. The number of nitrogens with one attached hydrogen (secondary N) is 2. The summed E-state index contributed by atoms with van der Waals surface area (Å²) in [4.78, 5) is 31.2. The van der Waals surface area contributed by atoms with E-state index in [1.165, 1.54) is 11.1 Å². The normalized spacial score (nSPS) is 18.0. The zero-order valence-corrected chi connectivity index (χ0v) is 27.2. The summed E-state index contributed by atoms with van der Waals surface area (Å²) in [7, 11) is 4.32. The van der Waals surface area contributed by atoms with Crippen molar-refractivity contribution in [2.24, 2.45) is 0 Å². The van der Waals surface area contributed by atoms with Gasteiger partial charge in [0.05, 0.1) is 0 Å². The lowest BCUT2D eigenvalue weighted by Crippen LogP contribution is -2.48. The van der Waals surface area contributed by atoms with E-state index in [1.54, 1.807) is 0 Å². The molecular formula is C40H46N4O2. The number of amides is 2. The number of likely N-dealkylation sites (tertiary alicyclic amines) is 2. The minimum Gasteiger partial charge on any atom is -0.351 e. The summed E-state index contributed by atoms with van der Waals surface area (Å²) >= 11 is 0. The van der Waals surface area contributed by atoms with Gasteiger partial charge in [-0.2, -0.15) is 0 Å². The maximum absolute atomic E-state index is 13.2. The van der Waals surface area contributed by atoms with Gasteiger partial charge in [-0.25, -0.2) is 0 Å². The van der Waals surface area contributed by atoms with Crippen molar-refractivity contribution in [3.63, 3.8) is 0 Å². The number of hydrogen-bond acceptors (Lipinski definition) is 4. The van der Waals surface area contributed by atoms with Crippen molar-refractivity contribution in [1.29, 1.82) is 0 Å². The van der Waals surface area contributed by atoms with Crippen molar-refractivity contribution in [2.75, 3.05) is 53.4 Å². The Balaban J connectivity index is 1.07. The predicted octanol–water partition coefficient (Wildman–Crippen LogP) is 6.14. The summed E-state index contributed by atoms with van der Waals surface area (Å²) in [5.41, 5.74) is 5.82. The third-order valence-corrected chi connectivity index (χ3v) is 10.5. The summed E-state index contributed by atoms with van der Waals surface area (Å²) in [5, 5.41) is 6.50. The van der Waals surface area contributed by atoms with Gasteiger partial charge < -0.3 is 20.4 Å². The molecule has 4 aromatic carbocycles. The zero-order valence-electron chi connectivity index (χ0n) is 27.2. The van der Waals surface area contributed by atoms with Crippen LogP contribution in [0.2, 0.25) is 0 Å². The van der Waals surface area contributed by atoms with E-state index < -0.39 is 0 Å². The molecule has 0 unspecified atom stereocenters. The average molecular weight is 615 g/mol. The molecule has 238 valence electrons. The first-order valence-corrected chi connectivity index (χ1v) is 16.6. The molecule has 4 aromatic rings. The fourth-order valence-corrected chi connectivity index (χ4v) is 7.14. The molecule has 2 aliphatic rings. The highest BCUT2D eigenvalue weighted by Gasteiger charge is 2.37. The number of carbonyl (C=O) groups is 2. The van der Waals surface area contributed by atoms with Crippen molar-refractivity contribution in [2.45, 2.75) is 36.5 Å². The van der Waals surface area contributed by atoms with Crippen LogP contribution < -0.4 is 10.6 Å². The molecule has 2 aliphatic heterocycles. The van der Waals surface area contributed by atoms with Crippen molar-refractivity contribution < 1.29 is 9.59 Å².